The smallest absolute Gasteiger partial charge is 0.246 e. The molecule has 3 aromatic heterocycles. The third-order valence-electron chi connectivity index (χ3n) is 5.32. The van der Waals surface area contributed by atoms with Crippen molar-refractivity contribution in [2.45, 2.75) is 13.8 Å². The van der Waals surface area contributed by atoms with E-state index in [1.807, 2.05) is 42.9 Å². The molecule has 1 amide bonds. The molecule has 0 saturated heterocycles. The van der Waals surface area contributed by atoms with Crippen molar-refractivity contribution < 1.29 is 4.79 Å². The van der Waals surface area contributed by atoms with Crippen molar-refractivity contribution in [2.24, 2.45) is 4.99 Å². The van der Waals surface area contributed by atoms with Gasteiger partial charge >= 0.3 is 0 Å². The van der Waals surface area contributed by atoms with Crippen LogP contribution in [0, 0.1) is 6.92 Å². The Morgan fingerprint density at radius 1 is 1.19 bits per heavy atom. The average molecular weight is 409 g/mol. The molecule has 0 spiro atoms. The van der Waals surface area contributed by atoms with Crippen LogP contribution in [0.25, 0.3) is 39.2 Å². The Kier molecular flexibility index (Phi) is 5.45. The van der Waals surface area contributed by atoms with Gasteiger partial charge in [0.25, 0.3) is 0 Å². The van der Waals surface area contributed by atoms with Gasteiger partial charge in [-0.25, -0.2) is 4.99 Å². The number of benzene rings is 1. The third kappa shape index (κ3) is 3.75. The molecule has 4 aromatic rings. The first-order valence-electron chi connectivity index (χ1n) is 9.92. The zero-order valence-electron chi connectivity index (χ0n) is 17.7. The van der Waals surface area contributed by atoms with Crippen LogP contribution in [0.3, 0.4) is 0 Å². The second-order valence-corrected chi connectivity index (χ2v) is 7.32. The summed E-state index contributed by atoms with van der Waals surface area (Å²) in [6.07, 6.45) is 9.18. The van der Waals surface area contributed by atoms with Gasteiger partial charge in [0.2, 0.25) is 5.91 Å². The fourth-order valence-electron chi connectivity index (χ4n) is 3.78. The van der Waals surface area contributed by atoms with Crippen molar-refractivity contribution in [1.82, 2.24) is 20.3 Å². The molecule has 6 heteroatoms. The van der Waals surface area contributed by atoms with Crippen LogP contribution in [0.4, 0.5) is 5.82 Å². The van der Waals surface area contributed by atoms with Crippen molar-refractivity contribution in [1.29, 1.82) is 0 Å². The normalized spacial score (nSPS) is 11.5. The van der Waals surface area contributed by atoms with Crippen LogP contribution in [0.5, 0.6) is 0 Å². The lowest BCUT2D eigenvalue weighted by Gasteiger charge is -2.11. The number of aromatic nitrogens is 3. The van der Waals surface area contributed by atoms with Gasteiger partial charge in [-0.3, -0.25) is 14.8 Å². The first-order chi connectivity index (χ1) is 15.0. The summed E-state index contributed by atoms with van der Waals surface area (Å²) in [4.78, 5) is 28.2. The number of carbonyl (C=O) groups excluding carboxylic acids is 1. The van der Waals surface area contributed by atoms with Gasteiger partial charge < -0.3 is 10.3 Å². The van der Waals surface area contributed by atoms with Crippen LogP contribution in [0.1, 0.15) is 18.1 Å². The molecule has 0 aliphatic heterocycles. The van der Waals surface area contributed by atoms with Gasteiger partial charge in [-0.2, -0.15) is 0 Å². The molecule has 0 radical (unpaired) electrons. The minimum atomic E-state index is -0.139. The second kappa shape index (κ2) is 8.36. The van der Waals surface area contributed by atoms with E-state index in [4.69, 9.17) is 0 Å². The summed E-state index contributed by atoms with van der Waals surface area (Å²) >= 11 is 0. The molecular weight excluding hydrogens is 386 g/mol. The highest BCUT2D eigenvalue weighted by Crippen LogP contribution is 2.37. The van der Waals surface area contributed by atoms with E-state index in [1.165, 1.54) is 0 Å². The number of hydrogen-bond acceptors (Lipinski definition) is 4. The molecule has 0 aliphatic carbocycles. The van der Waals surface area contributed by atoms with E-state index in [1.54, 1.807) is 20.2 Å². The van der Waals surface area contributed by atoms with Crippen LogP contribution in [-0.2, 0) is 4.79 Å². The Balaban J connectivity index is 1.95. The van der Waals surface area contributed by atoms with E-state index >= 15 is 0 Å². The van der Waals surface area contributed by atoms with Gasteiger partial charge in [0.15, 0.2) is 0 Å². The second-order valence-electron chi connectivity index (χ2n) is 7.32. The van der Waals surface area contributed by atoms with Crippen molar-refractivity contribution >= 4 is 35.4 Å². The van der Waals surface area contributed by atoms with Gasteiger partial charge in [0.1, 0.15) is 5.82 Å². The molecule has 3 heterocycles. The van der Waals surface area contributed by atoms with Crippen LogP contribution < -0.4 is 5.32 Å². The monoisotopic (exact) mass is 409 g/mol. The summed E-state index contributed by atoms with van der Waals surface area (Å²) in [7, 11) is 1.62. The van der Waals surface area contributed by atoms with Crippen LogP contribution in [-0.4, -0.2) is 34.6 Å². The minimum Gasteiger partial charge on any atom is -0.355 e. The van der Waals surface area contributed by atoms with E-state index in [0.29, 0.717) is 11.4 Å². The Hall–Kier alpha value is -4.06. The maximum Gasteiger partial charge on any atom is 0.246 e. The number of fused-ring (bicyclic) bond motifs is 1. The van der Waals surface area contributed by atoms with Crippen molar-refractivity contribution in [3.8, 4) is 22.3 Å². The molecule has 1 aromatic carbocycles. The summed E-state index contributed by atoms with van der Waals surface area (Å²) < 4.78 is 0. The Bertz CT molecular complexity index is 1320. The number of nitrogens with one attached hydrogen (secondary N) is 2. The molecule has 154 valence electrons. The van der Waals surface area contributed by atoms with Crippen LogP contribution in [0.15, 0.2) is 65.7 Å². The molecule has 0 aliphatic rings. The number of aliphatic imine (C=N–C) groups is 1. The van der Waals surface area contributed by atoms with E-state index in [2.05, 4.69) is 51.0 Å². The van der Waals surface area contributed by atoms with Crippen molar-refractivity contribution in [3.63, 3.8) is 0 Å². The summed E-state index contributed by atoms with van der Waals surface area (Å²) in [5.74, 6) is 0.481. The van der Waals surface area contributed by atoms with Crippen LogP contribution in [0.2, 0.25) is 0 Å². The number of nitrogens with zero attached hydrogens (tertiary/aromatic N) is 3. The highest BCUT2D eigenvalue weighted by Gasteiger charge is 2.15. The number of likely N-dealkylation sites (N-methyl/N-ethyl adjacent to an activating group) is 1. The molecular formula is C25H23N5O. The summed E-state index contributed by atoms with van der Waals surface area (Å²) in [6, 6.07) is 10.2. The third-order valence-corrected chi connectivity index (χ3v) is 5.32. The summed E-state index contributed by atoms with van der Waals surface area (Å²) in [5, 5.41) is 3.69. The Morgan fingerprint density at radius 3 is 2.74 bits per heavy atom. The highest BCUT2D eigenvalue weighted by molar-refractivity contribution is 6.01. The van der Waals surface area contributed by atoms with Gasteiger partial charge in [0, 0.05) is 59.5 Å². The van der Waals surface area contributed by atoms with E-state index in [9.17, 15) is 4.79 Å². The number of hydrogen-bond donors (Lipinski definition) is 2. The molecule has 4 rings (SSSR count). The molecule has 0 bridgehead atoms. The summed E-state index contributed by atoms with van der Waals surface area (Å²) in [5.41, 5.74) is 7.46. The topological polar surface area (TPSA) is 83.0 Å². The number of pyridine rings is 2. The lowest BCUT2D eigenvalue weighted by Crippen LogP contribution is -2.18. The van der Waals surface area contributed by atoms with Gasteiger partial charge in [-0.05, 0) is 67.6 Å². The SMILES string of the molecule is C=Nc1[nH]cc(-c2cc(C)c3nccc(-c4cccnc4)c3c2)c1/C=C(\C)C(=O)NC. The number of aryl methyl sites for hydroxylation is 1. The predicted octanol–water partition coefficient (Wildman–Crippen LogP) is 5.08. The zero-order valence-corrected chi connectivity index (χ0v) is 17.7. The van der Waals surface area contributed by atoms with E-state index in [0.717, 1.165) is 44.3 Å². The predicted molar refractivity (Wildman–Crippen MR) is 126 cm³/mol. The van der Waals surface area contributed by atoms with Gasteiger partial charge in [0.05, 0.1) is 5.52 Å². The van der Waals surface area contributed by atoms with Gasteiger partial charge in [-0.15, -0.1) is 0 Å². The number of rotatable bonds is 5. The largest absolute Gasteiger partial charge is 0.355 e. The molecule has 0 atom stereocenters. The lowest BCUT2D eigenvalue weighted by atomic mass is 9.94. The van der Waals surface area contributed by atoms with E-state index in [-0.39, 0.29) is 5.91 Å². The maximum atomic E-state index is 12.1. The quantitative estimate of drug-likeness (QED) is 0.356. The fraction of sp³-hybridized carbons (Fsp3) is 0.120. The Morgan fingerprint density at radius 2 is 2.03 bits per heavy atom. The first-order valence-corrected chi connectivity index (χ1v) is 9.92. The number of amides is 1. The van der Waals surface area contributed by atoms with Gasteiger partial charge in [-0.1, -0.05) is 6.07 Å². The van der Waals surface area contributed by atoms with Crippen molar-refractivity contribution in [3.05, 3.63) is 71.8 Å². The average Bonchev–Trinajstić information content (AvgIpc) is 3.21. The fourth-order valence-corrected chi connectivity index (χ4v) is 3.78. The minimum absolute atomic E-state index is 0.139. The summed E-state index contributed by atoms with van der Waals surface area (Å²) in [6.45, 7) is 7.49. The highest BCUT2D eigenvalue weighted by atomic mass is 16.1. The number of H-pyrrole nitrogens is 1. The molecule has 2 N–H and O–H groups in total. The molecule has 31 heavy (non-hydrogen) atoms. The number of aromatic amines is 1. The standard InChI is InChI=1S/C25H23N5O/c1-15-10-18(22-14-30-24(26-3)21(22)11-16(2)25(31)27-4)12-20-19(7-9-29-23(15)20)17-6-5-8-28-13-17/h5-14,30H,3H2,1-2,4H3,(H,27,31)/b16-11+. The molecule has 0 unspecified atom stereocenters. The molecule has 0 saturated carbocycles. The number of carbonyl (C=O) groups is 1. The van der Waals surface area contributed by atoms with E-state index < -0.39 is 0 Å². The molecule has 6 nitrogen and oxygen atoms in total. The first kappa shape index (κ1) is 20.2. The zero-order chi connectivity index (χ0) is 22.0. The van der Waals surface area contributed by atoms with Crippen LogP contribution >= 0.6 is 0 Å². The Labute approximate surface area is 180 Å². The maximum absolute atomic E-state index is 12.1. The molecule has 0 fully saturated rings. The lowest BCUT2D eigenvalue weighted by molar-refractivity contribution is -0.116. The van der Waals surface area contributed by atoms with Crippen molar-refractivity contribution in [2.75, 3.05) is 7.05 Å².